The molecule has 0 saturated heterocycles. The summed E-state index contributed by atoms with van der Waals surface area (Å²) in [5.74, 6) is 2.62. The Hall–Kier alpha value is -1.80. The first kappa shape index (κ1) is 8.78. The van der Waals surface area contributed by atoms with Crippen molar-refractivity contribution in [2.75, 3.05) is 6.61 Å². The van der Waals surface area contributed by atoms with Gasteiger partial charge in [-0.15, -0.1) is 17.8 Å². The minimum Gasteiger partial charge on any atom is -0.463 e. The molecule has 0 amide bonds. The molecule has 2 rings (SSSR count). The average molecular weight is 206 g/mol. The Morgan fingerprint density at radius 3 is 3.36 bits per heavy atom. The van der Waals surface area contributed by atoms with Crippen molar-refractivity contribution < 1.29 is 9.53 Å². The molecule has 14 heavy (non-hydrogen) atoms. The van der Waals surface area contributed by atoms with Crippen LogP contribution >= 0.6 is 11.3 Å². The molecule has 0 aromatic carbocycles. The van der Waals surface area contributed by atoms with Gasteiger partial charge in [0.15, 0.2) is 23.5 Å². The van der Waals surface area contributed by atoms with Crippen LogP contribution < -0.4 is 4.74 Å². The maximum absolute atomic E-state index is 10.8. The third kappa shape index (κ3) is 1.26. The summed E-state index contributed by atoms with van der Waals surface area (Å²) in [5.41, 5.74) is 0.400. The lowest BCUT2D eigenvalue weighted by Crippen LogP contribution is -1.97. The minimum atomic E-state index is 0.117. The van der Waals surface area contributed by atoms with Crippen molar-refractivity contribution in [3.8, 4) is 18.2 Å². The van der Waals surface area contributed by atoms with Gasteiger partial charge < -0.3 is 4.74 Å². The van der Waals surface area contributed by atoms with Crippen LogP contribution in [0.3, 0.4) is 0 Å². The quantitative estimate of drug-likeness (QED) is 0.560. The van der Waals surface area contributed by atoms with E-state index in [4.69, 9.17) is 11.2 Å². The van der Waals surface area contributed by atoms with Gasteiger partial charge in [-0.25, -0.2) is 0 Å². The van der Waals surface area contributed by atoms with Crippen LogP contribution in [-0.2, 0) is 0 Å². The van der Waals surface area contributed by atoms with Crippen molar-refractivity contribution in [2.24, 2.45) is 0 Å². The van der Waals surface area contributed by atoms with Crippen LogP contribution in [0.1, 0.15) is 10.5 Å². The van der Waals surface area contributed by atoms with E-state index in [1.165, 1.54) is 11.3 Å². The Bertz CT molecular complexity index is 506. The molecule has 0 aliphatic rings. The maximum Gasteiger partial charge on any atom is 0.245 e. The second-order valence-electron chi connectivity index (χ2n) is 2.47. The Morgan fingerprint density at radius 2 is 2.64 bits per heavy atom. The maximum atomic E-state index is 10.8. The number of ether oxygens (including phenoxy) is 1. The molecule has 0 atom stereocenters. The van der Waals surface area contributed by atoms with E-state index in [1.54, 1.807) is 10.6 Å². The second-order valence-corrected chi connectivity index (χ2v) is 3.34. The van der Waals surface area contributed by atoms with Crippen molar-refractivity contribution >= 4 is 22.6 Å². The Kier molecular flexibility index (Phi) is 2.21. The van der Waals surface area contributed by atoms with E-state index in [0.29, 0.717) is 17.9 Å². The van der Waals surface area contributed by atoms with Crippen molar-refractivity contribution in [2.45, 2.75) is 0 Å². The topological polar surface area (TPSA) is 43.6 Å². The molecule has 0 bridgehead atoms. The monoisotopic (exact) mass is 206 g/mol. The van der Waals surface area contributed by atoms with Gasteiger partial charge in [0.05, 0.1) is 0 Å². The minimum absolute atomic E-state index is 0.117. The SMILES string of the molecule is C#CCOc1nc2sccn2c1C=O. The number of hydrogen-bond acceptors (Lipinski definition) is 4. The summed E-state index contributed by atoms with van der Waals surface area (Å²) in [6.45, 7) is 0.117. The molecule has 0 spiro atoms. The van der Waals surface area contributed by atoms with E-state index in [1.807, 2.05) is 5.38 Å². The summed E-state index contributed by atoms with van der Waals surface area (Å²) in [6.07, 6.45) is 7.51. The van der Waals surface area contributed by atoms with Crippen LogP contribution in [0.15, 0.2) is 11.6 Å². The highest BCUT2D eigenvalue weighted by molar-refractivity contribution is 7.15. The number of fused-ring (bicyclic) bond motifs is 1. The van der Waals surface area contributed by atoms with Crippen LogP contribution in [0.2, 0.25) is 0 Å². The van der Waals surface area contributed by atoms with Crippen molar-refractivity contribution in [1.29, 1.82) is 0 Å². The van der Waals surface area contributed by atoms with Crippen molar-refractivity contribution in [1.82, 2.24) is 9.38 Å². The fraction of sp³-hybridized carbons (Fsp3) is 0.111. The zero-order valence-corrected chi connectivity index (χ0v) is 7.95. The molecule has 2 aromatic heterocycles. The Labute approximate surface area is 84.1 Å². The number of terminal acetylenes is 1. The van der Waals surface area contributed by atoms with Crippen LogP contribution in [0.5, 0.6) is 5.88 Å². The van der Waals surface area contributed by atoms with Gasteiger partial charge in [-0.1, -0.05) is 5.92 Å². The van der Waals surface area contributed by atoms with Gasteiger partial charge in [-0.3, -0.25) is 9.20 Å². The lowest BCUT2D eigenvalue weighted by molar-refractivity contribution is 0.111. The largest absolute Gasteiger partial charge is 0.463 e. The molecule has 70 valence electrons. The molecule has 0 radical (unpaired) electrons. The standard InChI is InChI=1S/C9H6N2O2S/c1-2-4-13-8-7(6-12)11-3-5-14-9(11)10-8/h1,3,5-6H,4H2. The van der Waals surface area contributed by atoms with Gasteiger partial charge in [0.2, 0.25) is 5.88 Å². The fourth-order valence-corrected chi connectivity index (χ4v) is 1.82. The van der Waals surface area contributed by atoms with Crippen LogP contribution in [0.25, 0.3) is 4.96 Å². The van der Waals surface area contributed by atoms with E-state index in [-0.39, 0.29) is 6.61 Å². The van der Waals surface area contributed by atoms with E-state index in [9.17, 15) is 4.79 Å². The predicted octanol–water partition coefficient (Wildman–Crippen LogP) is 1.22. The van der Waals surface area contributed by atoms with Crippen molar-refractivity contribution in [3.05, 3.63) is 17.3 Å². The van der Waals surface area contributed by atoms with Gasteiger partial charge in [-0.2, -0.15) is 4.98 Å². The number of aromatic nitrogens is 2. The summed E-state index contributed by atoms with van der Waals surface area (Å²) in [5, 5.41) is 1.85. The normalized spacial score (nSPS) is 9.93. The number of rotatable bonds is 3. The molecule has 0 saturated carbocycles. The number of carbonyl (C=O) groups excluding carboxylic acids is 1. The molecule has 4 nitrogen and oxygen atoms in total. The summed E-state index contributed by atoms with van der Waals surface area (Å²) in [4.78, 5) is 15.6. The zero-order valence-electron chi connectivity index (χ0n) is 7.14. The summed E-state index contributed by atoms with van der Waals surface area (Å²) in [6, 6.07) is 0. The second kappa shape index (κ2) is 3.52. The number of thiazole rings is 1. The smallest absolute Gasteiger partial charge is 0.245 e. The average Bonchev–Trinajstić information content (AvgIpc) is 2.73. The van der Waals surface area contributed by atoms with Gasteiger partial charge in [0, 0.05) is 11.6 Å². The van der Waals surface area contributed by atoms with E-state index >= 15 is 0 Å². The summed E-state index contributed by atoms with van der Waals surface area (Å²) < 4.78 is 6.80. The molecule has 5 heteroatoms. The first-order chi connectivity index (χ1) is 6.86. The van der Waals surface area contributed by atoms with Gasteiger partial charge in [-0.05, 0) is 0 Å². The lowest BCUT2D eigenvalue weighted by atomic mass is 10.5. The highest BCUT2D eigenvalue weighted by Crippen LogP contribution is 2.21. The molecular weight excluding hydrogens is 200 g/mol. The first-order valence-electron chi connectivity index (χ1n) is 3.84. The number of aldehydes is 1. The molecule has 2 heterocycles. The zero-order chi connectivity index (χ0) is 9.97. The number of nitrogens with zero attached hydrogens (tertiary/aromatic N) is 2. The predicted molar refractivity (Wildman–Crippen MR) is 52.8 cm³/mol. The third-order valence-corrected chi connectivity index (χ3v) is 2.43. The molecule has 0 N–H and O–H groups in total. The molecule has 0 aliphatic heterocycles. The van der Waals surface area contributed by atoms with Crippen LogP contribution in [0.4, 0.5) is 0 Å². The van der Waals surface area contributed by atoms with Crippen LogP contribution in [-0.4, -0.2) is 22.3 Å². The Morgan fingerprint density at radius 1 is 1.79 bits per heavy atom. The number of hydrogen-bond donors (Lipinski definition) is 0. The molecule has 2 aromatic rings. The molecular formula is C9H6N2O2S. The molecule has 0 fully saturated rings. The lowest BCUT2D eigenvalue weighted by Gasteiger charge is -1.96. The number of carbonyl (C=O) groups is 1. The summed E-state index contributed by atoms with van der Waals surface area (Å²) in [7, 11) is 0. The number of imidazole rings is 1. The first-order valence-corrected chi connectivity index (χ1v) is 4.71. The highest BCUT2D eigenvalue weighted by atomic mass is 32.1. The van der Waals surface area contributed by atoms with E-state index < -0.39 is 0 Å². The third-order valence-electron chi connectivity index (χ3n) is 1.67. The van der Waals surface area contributed by atoms with Gasteiger partial charge in [0.25, 0.3) is 0 Å². The van der Waals surface area contributed by atoms with Gasteiger partial charge in [0.1, 0.15) is 0 Å². The Balaban J connectivity index is 2.48. The molecule has 0 aliphatic carbocycles. The van der Waals surface area contributed by atoms with Crippen molar-refractivity contribution in [3.63, 3.8) is 0 Å². The van der Waals surface area contributed by atoms with E-state index in [0.717, 1.165) is 4.96 Å². The van der Waals surface area contributed by atoms with Gasteiger partial charge >= 0.3 is 0 Å². The highest BCUT2D eigenvalue weighted by Gasteiger charge is 2.12. The van der Waals surface area contributed by atoms with E-state index in [2.05, 4.69) is 10.9 Å². The molecule has 0 unspecified atom stereocenters. The van der Waals surface area contributed by atoms with Crippen LogP contribution in [0, 0.1) is 12.3 Å². The summed E-state index contributed by atoms with van der Waals surface area (Å²) >= 11 is 1.43. The fourth-order valence-electron chi connectivity index (χ4n) is 1.11.